The molecule has 1 aromatic carbocycles. The minimum Gasteiger partial charge on any atom is -0.361 e. The largest absolute Gasteiger partial charge is 0.361 e. The number of carbonyl (C=O) groups is 1. The van der Waals surface area contributed by atoms with Crippen molar-refractivity contribution in [2.45, 2.75) is 0 Å². The summed E-state index contributed by atoms with van der Waals surface area (Å²) in [7, 11) is 0. The Balaban J connectivity index is 1.92. The molecule has 2 N–H and O–H groups in total. The van der Waals surface area contributed by atoms with Crippen LogP contribution in [0.1, 0.15) is 10.4 Å². The van der Waals surface area contributed by atoms with Crippen molar-refractivity contribution in [1.82, 2.24) is 9.97 Å². The van der Waals surface area contributed by atoms with Gasteiger partial charge in [-0.05, 0) is 24.3 Å². The number of para-hydroxylation sites is 1. The van der Waals surface area contributed by atoms with Crippen LogP contribution in [0.25, 0.3) is 10.9 Å². The number of nitrogens with one attached hydrogen (secondary N) is 2. The maximum absolute atomic E-state index is 12.2. The van der Waals surface area contributed by atoms with E-state index in [0.29, 0.717) is 16.4 Å². The highest BCUT2D eigenvalue weighted by Gasteiger charge is 2.11. The molecule has 1 amide bonds. The molecule has 4 nitrogen and oxygen atoms in total. The van der Waals surface area contributed by atoms with Gasteiger partial charge in [-0.15, -0.1) is 0 Å². The van der Waals surface area contributed by atoms with E-state index in [4.69, 9.17) is 11.6 Å². The van der Waals surface area contributed by atoms with Gasteiger partial charge in [0.05, 0.1) is 16.1 Å². The molecule has 0 aliphatic carbocycles. The van der Waals surface area contributed by atoms with Crippen molar-refractivity contribution < 1.29 is 4.79 Å². The van der Waals surface area contributed by atoms with Gasteiger partial charge in [-0.3, -0.25) is 4.79 Å². The molecule has 0 atom stereocenters. The average Bonchev–Trinajstić information content (AvgIpc) is 2.89. The summed E-state index contributed by atoms with van der Waals surface area (Å²) in [5.74, 6) is 0.265. The SMILES string of the molecule is O=C(Nc1ccc(Cl)cn1)c1cccc2cc[nH]c12. The molecule has 0 saturated carbocycles. The molecule has 2 aromatic heterocycles. The second kappa shape index (κ2) is 4.74. The number of nitrogens with zero attached hydrogens (tertiary/aromatic N) is 1. The fourth-order valence-corrected chi connectivity index (χ4v) is 2.02. The van der Waals surface area contributed by atoms with Crippen molar-refractivity contribution in [1.29, 1.82) is 0 Å². The summed E-state index contributed by atoms with van der Waals surface area (Å²) in [4.78, 5) is 19.3. The minimum atomic E-state index is -0.206. The second-order valence-corrected chi connectivity index (χ2v) is 4.50. The first-order chi connectivity index (χ1) is 9.24. The molecule has 0 radical (unpaired) electrons. The van der Waals surface area contributed by atoms with Gasteiger partial charge >= 0.3 is 0 Å². The summed E-state index contributed by atoms with van der Waals surface area (Å²) in [6.07, 6.45) is 3.30. The molecule has 0 aliphatic rings. The third kappa shape index (κ3) is 2.30. The Hall–Kier alpha value is -2.33. The van der Waals surface area contributed by atoms with E-state index < -0.39 is 0 Å². The number of anilines is 1. The van der Waals surface area contributed by atoms with Gasteiger partial charge < -0.3 is 10.3 Å². The number of amides is 1. The van der Waals surface area contributed by atoms with Crippen molar-refractivity contribution >= 4 is 34.2 Å². The van der Waals surface area contributed by atoms with E-state index in [9.17, 15) is 4.79 Å². The summed E-state index contributed by atoms with van der Waals surface area (Å²) < 4.78 is 0. The van der Waals surface area contributed by atoms with Crippen LogP contribution in [0.3, 0.4) is 0 Å². The van der Waals surface area contributed by atoms with E-state index in [-0.39, 0.29) is 5.91 Å². The number of hydrogen-bond donors (Lipinski definition) is 2. The van der Waals surface area contributed by atoms with Crippen LogP contribution in [0.5, 0.6) is 0 Å². The van der Waals surface area contributed by atoms with E-state index >= 15 is 0 Å². The second-order valence-electron chi connectivity index (χ2n) is 4.06. The van der Waals surface area contributed by atoms with Crippen LogP contribution in [0.2, 0.25) is 5.02 Å². The molecular weight excluding hydrogens is 262 g/mol. The third-order valence-electron chi connectivity index (χ3n) is 2.80. The summed E-state index contributed by atoms with van der Waals surface area (Å²) >= 11 is 5.75. The summed E-state index contributed by atoms with van der Waals surface area (Å²) in [6, 6.07) is 10.8. The molecule has 94 valence electrons. The van der Waals surface area contributed by atoms with Gasteiger partial charge in [0.15, 0.2) is 0 Å². The summed E-state index contributed by atoms with van der Waals surface area (Å²) in [6.45, 7) is 0. The summed E-state index contributed by atoms with van der Waals surface area (Å²) in [5, 5.41) is 4.27. The van der Waals surface area contributed by atoms with Crippen molar-refractivity contribution in [3.05, 3.63) is 59.4 Å². The number of benzene rings is 1. The predicted molar refractivity (Wildman–Crippen MR) is 75.5 cm³/mol. The molecule has 3 aromatic rings. The topological polar surface area (TPSA) is 57.8 Å². The Bertz CT molecular complexity index is 734. The fourth-order valence-electron chi connectivity index (χ4n) is 1.91. The van der Waals surface area contributed by atoms with Gasteiger partial charge in [0, 0.05) is 17.8 Å². The van der Waals surface area contributed by atoms with Crippen molar-refractivity contribution in [3.8, 4) is 0 Å². The smallest absolute Gasteiger partial charge is 0.258 e. The van der Waals surface area contributed by atoms with Crippen LogP contribution >= 0.6 is 11.6 Å². The van der Waals surface area contributed by atoms with Gasteiger partial charge in [0.25, 0.3) is 5.91 Å². The average molecular weight is 272 g/mol. The molecule has 0 unspecified atom stereocenters. The maximum atomic E-state index is 12.2. The van der Waals surface area contributed by atoms with E-state index in [0.717, 1.165) is 10.9 Å². The van der Waals surface area contributed by atoms with Gasteiger partial charge in [-0.2, -0.15) is 0 Å². The number of rotatable bonds is 2. The Kier molecular flexibility index (Phi) is 2.93. The number of carbonyl (C=O) groups excluding carboxylic acids is 1. The summed E-state index contributed by atoms with van der Waals surface area (Å²) in [5.41, 5.74) is 1.40. The third-order valence-corrected chi connectivity index (χ3v) is 3.02. The highest BCUT2D eigenvalue weighted by molar-refractivity contribution is 6.30. The number of aromatic nitrogens is 2. The first kappa shape index (κ1) is 11.7. The lowest BCUT2D eigenvalue weighted by Gasteiger charge is -2.05. The molecule has 0 bridgehead atoms. The van der Waals surface area contributed by atoms with Crippen LogP contribution in [0, 0.1) is 0 Å². The molecule has 0 aliphatic heterocycles. The molecule has 2 heterocycles. The Morgan fingerprint density at radius 1 is 1.21 bits per heavy atom. The Labute approximate surface area is 114 Å². The monoisotopic (exact) mass is 271 g/mol. The number of pyridine rings is 1. The molecule has 0 saturated heterocycles. The van der Waals surface area contributed by atoms with E-state index in [2.05, 4.69) is 15.3 Å². The zero-order valence-electron chi connectivity index (χ0n) is 9.85. The first-order valence-electron chi connectivity index (χ1n) is 5.73. The molecule has 3 rings (SSSR count). The van der Waals surface area contributed by atoms with Gasteiger partial charge in [0.1, 0.15) is 5.82 Å². The number of fused-ring (bicyclic) bond motifs is 1. The lowest BCUT2D eigenvalue weighted by molar-refractivity contribution is 0.102. The number of hydrogen-bond acceptors (Lipinski definition) is 2. The number of aromatic amines is 1. The van der Waals surface area contributed by atoms with Crippen LogP contribution in [-0.4, -0.2) is 15.9 Å². The fraction of sp³-hybridized carbons (Fsp3) is 0. The van der Waals surface area contributed by atoms with Crippen LogP contribution in [0.15, 0.2) is 48.8 Å². The first-order valence-corrected chi connectivity index (χ1v) is 6.11. The zero-order valence-corrected chi connectivity index (χ0v) is 10.6. The molecule has 0 spiro atoms. The van der Waals surface area contributed by atoms with Crippen molar-refractivity contribution in [3.63, 3.8) is 0 Å². The van der Waals surface area contributed by atoms with Crippen LogP contribution < -0.4 is 5.32 Å². The Morgan fingerprint density at radius 2 is 2.11 bits per heavy atom. The molecule has 19 heavy (non-hydrogen) atoms. The maximum Gasteiger partial charge on any atom is 0.258 e. The number of halogens is 1. The highest BCUT2D eigenvalue weighted by atomic mass is 35.5. The van der Waals surface area contributed by atoms with Crippen molar-refractivity contribution in [2.75, 3.05) is 5.32 Å². The highest BCUT2D eigenvalue weighted by Crippen LogP contribution is 2.18. The molecule has 0 fully saturated rings. The van der Waals surface area contributed by atoms with Crippen molar-refractivity contribution in [2.24, 2.45) is 0 Å². The van der Waals surface area contributed by atoms with Gasteiger partial charge in [-0.1, -0.05) is 23.7 Å². The standard InChI is InChI=1S/C14H10ClN3O/c15-10-4-5-12(17-8-10)18-14(19)11-3-1-2-9-6-7-16-13(9)11/h1-8,16H,(H,17,18,19). The Morgan fingerprint density at radius 3 is 2.89 bits per heavy atom. The lowest BCUT2D eigenvalue weighted by Crippen LogP contribution is -2.13. The molecule has 5 heteroatoms. The molecular formula is C14H10ClN3O. The normalized spacial score (nSPS) is 10.6. The quantitative estimate of drug-likeness (QED) is 0.750. The number of H-pyrrole nitrogens is 1. The van der Waals surface area contributed by atoms with E-state index in [1.807, 2.05) is 24.4 Å². The van der Waals surface area contributed by atoms with E-state index in [1.54, 1.807) is 18.2 Å². The minimum absolute atomic E-state index is 0.206. The van der Waals surface area contributed by atoms with Gasteiger partial charge in [-0.25, -0.2) is 4.98 Å². The lowest BCUT2D eigenvalue weighted by atomic mass is 10.1. The van der Waals surface area contributed by atoms with Crippen LogP contribution in [-0.2, 0) is 0 Å². The van der Waals surface area contributed by atoms with Gasteiger partial charge in [0.2, 0.25) is 0 Å². The van der Waals surface area contributed by atoms with Crippen LogP contribution in [0.4, 0.5) is 5.82 Å². The van der Waals surface area contributed by atoms with E-state index in [1.165, 1.54) is 6.20 Å². The predicted octanol–water partition coefficient (Wildman–Crippen LogP) is 3.47. The zero-order chi connectivity index (χ0) is 13.2.